The van der Waals surface area contributed by atoms with Crippen LogP contribution >= 0.6 is 11.6 Å². The second-order valence-electron chi connectivity index (χ2n) is 8.50. The Morgan fingerprint density at radius 3 is 2.65 bits per heavy atom. The molecule has 34 heavy (non-hydrogen) atoms. The quantitative estimate of drug-likeness (QED) is 0.344. The zero-order chi connectivity index (χ0) is 24.6. The van der Waals surface area contributed by atoms with E-state index >= 15 is 0 Å². The summed E-state index contributed by atoms with van der Waals surface area (Å²) in [4.78, 5) is 56.4. The van der Waals surface area contributed by atoms with Crippen molar-refractivity contribution in [1.29, 1.82) is 0 Å². The number of aromatic nitrogens is 1. The molecule has 4 atom stereocenters. The summed E-state index contributed by atoms with van der Waals surface area (Å²) in [5.41, 5.74) is 4.88. The van der Waals surface area contributed by atoms with Crippen LogP contribution in [0.3, 0.4) is 0 Å². The molecule has 2 aromatic rings. The van der Waals surface area contributed by atoms with Gasteiger partial charge in [0.2, 0.25) is 11.8 Å². The summed E-state index contributed by atoms with van der Waals surface area (Å²) >= 11 is 6.24. The average molecular weight is 486 g/mol. The molecule has 0 bridgehead atoms. The number of benzene rings is 1. The second-order valence-corrected chi connectivity index (χ2v) is 8.90. The molecule has 0 radical (unpaired) electrons. The maximum absolute atomic E-state index is 13.7. The summed E-state index contributed by atoms with van der Waals surface area (Å²) in [6, 6.07) is 8.42. The molecule has 0 saturated carbocycles. The Balaban J connectivity index is 1.77. The third-order valence-electron chi connectivity index (χ3n) is 6.50. The molecule has 178 valence electrons. The van der Waals surface area contributed by atoms with Crippen molar-refractivity contribution >= 4 is 41.1 Å². The van der Waals surface area contributed by atoms with Crippen molar-refractivity contribution in [3.8, 4) is 0 Å². The van der Waals surface area contributed by atoms with Gasteiger partial charge in [0.25, 0.3) is 0 Å². The monoisotopic (exact) mass is 485 g/mol. The highest BCUT2D eigenvalue weighted by Crippen LogP contribution is 2.51. The number of halogens is 1. The maximum Gasteiger partial charge on any atom is 0.324 e. The predicted molar refractivity (Wildman–Crippen MR) is 123 cm³/mol. The van der Waals surface area contributed by atoms with Crippen molar-refractivity contribution < 1.29 is 24.3 Å². The average Bonchev–Trinajstić information content (AvgIpc) is 3.28. The molecular formula is C23H24ClN5O5. The molecule has 2 fully saturated rings. The highest BCUT2D eigenvalue weighted by Gasteiger charge is 2.68. The van der Waals surface area contributed by atoms with Gasteiger partial charge in [-0.15, -0.1) is 0 Å². The third-order valence-corrected chi connectivity index (χ3v) is 6.91. The van der Waals surface area contributed by atoms with E-state index in [1.165, 1.54) is 6.07 Å². The standard InChI is InChI=1S/C23H24ClN5O5/c1-12-6-7-13(11-14(12)24)29-19(30)16-17(20(29)31)23(21(32)33,8-4-10-27-22(25)34)28-18(16)15-5-2-3-9-26-15/h2-3,5-7,9,11,16-18,28H,4,8,10H2,1H3,(H,32,33)(H3,25,27,34). The van der Waals surface area contributed by atoms with Crippen LogP contribution in [0, 0.1) is 18.8 Å². The van der Waals surface area contributed by atoms with Gasteiger partial charge in [0.15, 0.2) is 0 Å². The zero-order valence-electron chi connectivity index (χ0n) is 18.3. The largest absolute Gasteiger partial charge is 0.480 e. The van der Waals surface area contributed by atoms with E-state index < -0.39 is 47.2 Å². The Hall–Kier alpha value is -3.50. The Bertz CT molecular complexity index is 1160. The summed E-state index contributed by atoms with van der Waals surface area (Å²) in [6.07, 6.45) is 1.75. The Labute approximate surface area is 200 Å². The molecule has 4 unspecified atom stereocenters. The number of anilines is 1. The van der Waals surface area contributed by atoms with Crippen molar-refractivity contribution in [1.82, 2.24) is 15.6 Å². The molecule has 2 aliphatic rings. The number of hydrogen-bond donors (Lipinski definition) is 4. The van der Waals surface area contributed by atoms with E-state index in [-0.39, 0.29) is 25.1 Å². The first-order valence-corrected chi connectivity index (χ1v) is 11.1. The van der Waals surface area contributed by atoms with E-state index in [4.69, 9.17) is 17.3 Å². The maximum atomic E-state index is 13.7. The number of nitrogens with one attached hydrogen (secondary N) is 2. The van der Waals surface area contributed by atoms with Crippen LogP contribution in [-0.4, -0.2) is 46.0 Å². The highest BCUT2D eigenvalue weighted by molar-refractivity contribution is 6.32. The lowest BCUT2D eigenvalue weighted by Crippen LogP contribution is -2.56. The number of rotatable bonds is 7. The molecule has 10 nitrogen and oxygen atoms in total. The number of primary amides is 1. The van der Waals surface area contributed by atoms with Crippen LogP contribution in [0.2, 0.25) is 5.02 Å². The van der Waals surface area contributed by atoms with Crippen LogP contribution in [0.15, 0.2) is 42.6 Å². The molecule has 2 saturated heterocycles. The van der Waals surface area contributed by atoms with E-state index in [1.54, 1.807) is 43.5 Å². The van der Waals surface area contributed by atoms with Gasteiger partial charge in [-0.1, -0.05) is 23.7 Å². The van der Waals surface area contributed by atoms with Crippen molar-refractivity contribution in [3.05, 3.63) is 58.9 Å². The van der Waals surface area contributed by atoms with E-state index in [2.05, 4.69) is 15.6 Å². The van der Waals surface area contributed by atoms with E-state index in [1.807, 2.05) is 0 Å². The molecule has 11 heteroatoms. The van der Waals surface area contributed by atoms with E-state index in [0.717, 1.165) is 10.5 Å². The van der Waals surface area contributed by atoms with Gasteiger partial charge in [-0.2, -0.15) is 0 Å². The molecule has 4 rings (SSSR count). The van der Waals surface area contributed by atoms with E-state index in [0.29, 0.717) is 10.7 Å². The molecule has 0 spiro atoms. The van der Waals surface area contributed by atoms with E-state index in [9.17, 15) is 24.3 Å². The van der Waals surface area contributed by atoms with Gasteiger partial charge >= 0.3 is 12.0 Å². The van der Waals surface area contributed by atoms with Gasteiger partial charge in [-0.25, -0.2) is 9.69 Å². The van der Waals surface area contributed by atoms with Gasteiger partial charge in [-0.3, -0.25) is 24.7 Å². The minimum Gasteiger partial charge on any atom is -0.480 e. The first kappa shape index (κ1) is 23.7. The number of fused-ring (bicyclic) bond motifs is 1. The smallest absolute Gasteiger partial charge is 0.324 e. The second kappa shape index (κ2) is 9.03. The number of nitrogens with two attached hydrogens (primary N) is 1. The zero-order valence-corrected chi connectivity index (χ0v) is 19.1. The number of carbonyl (C=O) groups is 4. The number of aryl methyl sites for hydroxylation is 1. The van der Waals surface area contributed by atoms with Gasteiger partial charge in [-0.05, 0) is 49.6 Å². The van der Waals surface area contributed by atoms with Gasteiger partial charge in [0, 0.05) is 17.8 Å². The topological polar surface area (TPSA) is 155 Å². The van der Waals surface area contributed by atoms with Crippen molar-refractivity contribution in [3.63, 3.8) is 0 Å². The lowest BCUT2D eigenvalue weighted by molar-refractivity contribution is -0.149. The highest BCUT2D eigenvalue weighted by atomic mass is 35.5. The first-order chi connectivity index (χ1) is 16.2. The number of amides is 4. The fraction of sp³-hybridized carbons (Fsp3) is 0.348. The fourth-order valence-corrected chi connectivity index (χ4v) is 5.08. The van der Waals surface area contributed by atoms with Crippen LogP contribution in [0.4, 0.5) is 10.5 Å². The Morgan fingerprint density at radius 2 is 2.03 bits per heavy atom. The number of urea groups is 1. The van der Waals surface area contributed by atoms with Gasteiger partial charge in [0.1, 0.15) is 5.54 Å². The SMILES string of the molecule is Cc1ccc(N2C(=O)C3C(c4ccccn4)NC(CCCNC(N)=O)(C(=O)O)C3C2=O)cc1Cl. The lowest BCUT2D eigenvalue weighted by Gasteiger charge is -2.31. The number of imide groups is 1. The number of hydrogen-bond acceptors (Lipinski definition) is 6. The number of carboxylic acid groups (broad SMARTS) is 1. The molecule has 4 amide bonds. The summed E-state index contributed by atoms with van der Waals surface area (Å²) in [5, 5.41) is 16.2. The summed E-state index contributed by atoms with van der Waals surface area (Å²) in [6.45, 7) is 1.92. The van der Waals surface area contributed by atoms with Gasteiger partial charge in [0.05, 0.1) is 29.3 Å². The molecular weight excluding hydrogens is 462 g/mol. The molecule has 0 aliphatic carbocycles. The minimum atomic E-state index is -1.75. The number of carbonyl (C=O) groups excluding carboxylic acids is 3. The van der Waals surface area contributed by atoms with Gasteiger partial charge < -0.3 is 16.2 Å². The number of nitrogens with zero attached hydrogens (tertiary/aromatic N) is 2. The number of pyridine rings is 1. The van der Waals surface area contributed by atoms with Crippen LogP contribution < -0.4 is 21.3 Å². The molecule has 1 aromatic heterocycles. The minimum absolute atomic E-state index is 0.0192. The van der Waals surface area contributed by atoms with Crippen molar-refractivity contribution in [2.75, 3.05) is 11.4 Å². The number of aliphatic carboxylic acids is 1. The summed E-state index contributed by atoms with van der Waals surface area (Å²) in [7, 11) is 0. The lowest BCUT2D eigenvalue weighted by atomic mass is 9.77. The van der Waals surface area contributed by atoms with Crippen molar-refractivity contribution in [2.45, 2.75) is 31.3 Å². The van der Waals surface area contributed by atoms with Crippen LogP contribution in [0.25, 0.3) is 0 Å². The van der Waals surface area contributed by atoms with Crippen LogP contribution in [0.1, 0.15) is 30.1 Å². The summed E-state index contributed by atoms with van der Waals surface area (Å²) < 4.78 is 0. The molecule has 5 N–H and O–H groups in total. The normalized spacial score (nSPS) is 25.9. The number of carboxylic acids is 1. The summed E-state index contributed by atoms with van der Waals surface area (Å²) in [5.74, 6) is -4.56. The predicted octanol–water partition coefficient (Wildman–Crippen LogP) is 1.77. The molecule has 3 heterocycles. The van der Waals surface area contributed by atoms with Crippen LogP contribution in [-0.2, 0) is 14.4 Å². The molecule has 2 aliphatic heterocycles. The molecule has 1 aromatic carbocycles. The van der Waals surface area contributed by atoms with Crippen molar-refractivity contribution in [2.24, 2.45) is 17.6 Å². The first-order valence-electron chi connectivity index (χ1n) is 10.8. The Kier molecular flexibility index (Phi) is 6.28. The Morgan fingerprint density at radius 1 is 1.26 bits per heavy atom. The third kappa shape index (κ3) is 3.88. The fourth-order valence-electron chi connectivity index (χ4n) is 4.90. The van der Waals surface area contributed by atoms with Crippen LogP contribution in [0.5, 0.6) is 0 Å².